The molecule has 21 heavy (non-hydrogen) atoms. The number of hydrogen-bond donors (Lipinski definition) is 1. The predicted octanol–water partition coefficient (Wildman–Crippen LogP) is 3.15. The molecular formula is C14H20Cl2N2O2S. The third-order valence-corrected chi connectivity index (χ3v) is 5.91. The Hall–Kier alpha value is -0.330. The molecule has 0 bridgehead atoms. The minimum atomic E-state index is -3.54. The summed E-state index contributed by atoms with van der Waals surface area (Å²) < 4.78 is 27.5. The highest BCUT2D eigenvalue weighted by molar-refractivity contribution is 7.89. The summed E-state index contributed by atoms with van der Waals surface area (Å²) >= 11 is 11.7. The number of nitrogens with zero attached hydrogens (tertiary/aromatic N) is 1. The van der Waals surface area contributed by atoms with Crippen molar-refractivity contribution < 1.29 is 8.42 Å². The van der Waals surface area contributed by atoms with Gasteiger partial charge in [0, 0.05) is 6.04 Å². The molecule has 1 aliphatic heterocycles. The van der Waals surface area contributed by atoms with Crippen molar-refractivity contribution in [2.75, 3.05) is 19.6 Å². The van der Waals surface area contributed by atoms with Crippen LogP contribution in [-0.4, -0.2) is 39.0 Å². The fourth-order valence-electron chi connectivity index (χ4n) is 2.52. The Morgan fingerprint density at radius 1 is 1.24 bits per heavy atom. The molecular weight excluding hydrogens is 331 g/mol. The van der Waals surface area contributed by atoms with E-state index in [4.69, 9.17) is 23.2 Å². The van der Waals surface area contributed by atoms with E-state index in [1.165, 1.54) is 18.2 Å². The SMILES string of the molecule is CCCN1CCC(NS(=O)(=O)c2ccc(Cl)c(Cl)c2)CC1. The fourth-order valence-corrected chi connectivity index (χ4v) is 4.22. The van der Waals surface area contributed by atoms with Crippen molar-refractivity contribution in [2.24, 2.45) is 0 Å². The van der Waals surface area contributed by atoms with Crippen LogP contribution in [0.2, 0.25) is 10.0 Å². The standard InChI is InChI=1S/C14H20Cl2N2O2S/c1-2-7-18-8-5-11(6-9-18)17-21(19,20)12-3-4-13(15)14(16)10-12/h3-4,10-11,17H,2,5-9H2,1H3. The van der Waals surface area contributed by atoms with Crippen LogP contribution >= 0.6 is 23.2 Å². The smallest absolute Gasteiger partial charge is 0.240 e. The van der Waals surface area contributed by atoms with Crippen molar-refractivity contribution in [3.8, 4) is 0 Å². The molecule has 1 fully saturated rings. The summed E-state index contributed by atoms with van der Waals surface area (Å²) in [7, 11) is -3.54. The molecule has 2 rings (SSSR count). The lowest BCUT2D eigenvalue weighted by Gasteiger charge is -2.31. The van der Waals surface area contributed by atoms with Crippen molar-refractivity contribution in [3.05, 3.63) is 28.2 Å². The van der Waals surface area contributed by atoms with Crippen molar-refractivity contribution in [1.29, 1.82) is 0 Å². The number of likely N-dealkylation sites (tertiary alicyclic amines) is 1. The molecule has 1 saturated heterocycles. The Balaban J connectivity index is 2.00. The van der Waals surface area contributed by atoms with Crippen LogP contribution in [0.3, 0.4) is 0 Å². The van der Waals surface area contributed by atoms with Gasteiger partial charge >= 0.3 is 0 Å². The van der Waals surface area contributed by atoms with Gasteiger partial charge in [-0.05, 0) is 57.1 Å². The molecule has 1 aromatic carbocycles. The Morgan fingerprint density at radius 3 is 2.48 bits per heavy atom. The molecule has 1 heterocycles. The van der Waals surface area contributed by atoms with Gasteiger partial charge in [-0.15, -0.1) is 0 Å². The van der Waals surface area contributed by atoms with Crippen LogP contribution in [0.15, 0.2) is 23.1 Å². The van der Waals surface area contributed by atoms with Gasteiger partial charge in [-0.2, -0.15) is 0 Å². The average molecular weight is 351 g/mol. The first-order chi connectivity index (χ1) is 9.92. The summed E-state index contributed by atoms with van der Waals surface area (Å²) in [5.74, 6) is 0. The largest absolute Gasteiger partial charge is 0.303 e. The third-order valence-electron chi connectivity index (χ3n) is 3.65. The highest BCUT2D eigenvalue weighted by Crippen LogP contribution is 2.25. The summed E-state index contributed by atoms with van der Waals surface area (Å²) in [5.41, 5.74) is 0. The first-order valence-corrected chi connectivity index (χ1v) is 9.36. The molecule has 0 aromatic heterocycles. The van der Waals surface area contributed by atoms with Gasteiger partial charge in [-0.25, -0.2) is 13.1 Å². The van der Waals surface area contributed by atoms with E-state index < -0.39 is 10.0 Å². The van der Waals surface area contributed by atoms with Crippen LogP contribution < -0.4 is 4.72 Å². The van der Waals surface area contributed by atoms with Crippen molar-refractivity contribution in [1.82, 2.24) is 9.62 Å². The molecule has 4 nitrogen and oxygen atoms in total. The molecule has 0 spiro atoms. The van der Waals surface area contributed by atoms with Gasteiger partial charge in [0.05, 0.1) is 14.9 Å². The highest BCUT2D eigenvalue weighted by Gasteiger charge is 2.24. The van der Waals surface area contributed by atoms with Crippen molar-refractivity contribution >= 4 is 33.2 Å². The summed E-state index contributed by atoms with van der Waals surface area (Å²) in [4.78, 5) is 2.53. The number of rotatable bonds is 5. The summed E-state index contributed by atoms with van der Waals surface area (Å²) in [6, 6.07) is 4.35. The van der Waals surface area contributed by atoms with Gasteiger partial charge < -0.3 is 4.90 Å². The lowest BCUT2D eigenvalue weighted by molar-refractivity contribution is 0.208. The van der Waals surface area contributed by atoms with Gasteiger partial charge in [0.25, 0.3) is 0 Å². The van der Waals surface area contributed by atoms with E-state index in [9.17, 15) is 8.42 Å². The van der Waals surface area contributed by atoms with Gasteiger partial charge in [-0.1, -0.05) is 30.1 Å². The normalized spacial score (nSPS) is 18.0. The average Bonchev–Trinajstić information content (AvgIpc) is 2.44. The molecule has 0 amide bonds. The molecule has 0 radical (unpaired) electrons. The number of sulfonamides is 1. The predicted molar refractivity (Wildman–Crippen MR) is 86.5 cm³/mol. The second-order valence-corrected chi connectivity index (χ2v) is 7.84. The van der Waals surface area contributed by atoms with E-state index in [1.807, 2.05) is 0 Å². The molecule has 7 heteroatoms. The number of benzene rings is 1. The van der Waals surface area contributed by atoms with Crippen LogP contribution in [-0.2, 0) is 10.0 Å². The lowest BCUT2D eigenvalue weighted by atomic mass is 10.1. The third kappa shape index (κ3) is 4.57. The minimum Gasteiger partial charge on any atom is -0.303 e. The maximum atomic E-state index is 12.3. The van der Waals surface area contributed by atoms with Crippen LogP contribution in [0.1, 0.15) is 26.2 Å². The van der Waals surface area contributed by atoms with Crippen LogP contribution in [0.25, 0.3) is 0 Å². The van der Waals surface area contributed by atoms with E-state index in [2.05, 4.69) is 16.5 Å². The Morgan fingerprint density at radius 2 is 1.90 bits per heavy atom. The van der Waals surface area contributed by atoms with Crippen molar-refractivity contribution in [2.45, 2.75) is 37.1 Å². The molecule has 1 N–H and O–H groups in total. The molecule has 118 valence electrons. The summed E-state index contributed by atoms with van der Waals surface area (Å²) in [5, 5.41) is 0.598. The first kappa shape index (κ1) is 17.0. The lowest BCUT2D eigenvalue weighted by Crippen LogP contribution is -2.44. The quantitative estimate of drug-likeness (QED) is 0.887. The number of halogens is 2. The van der Waals surface area contributed by atoms with Crippen molar-refractivity contribution in [3.63, 3.8) is 0 Å². The second-order valence-electron chi connectivity index (χ2n) is 5.31. The number of piperidine rings is 1. The van der Waals surface area contributed by atoms with Gasteiger partial charge in [0.15, 0.2) is 0 Å². The number of nitrogens with one attached hydrogen (secondary N) is 1. The first-order valence-electron chi connectivity index (χ1n) is 7.12. The second kappa shape index (κ2) is 7.29. The highest BCUT2D eigenvalue weighted by atomic mass is 35.5. The monoisotopic (exact) mass is 350 g/mol. The molecule has 1 aliphatic rings. The maximum absolute atomic E-state index is 12.3. The zero-order chi connectivity index (χ0) is 15.5. The maximum Gasteiger partial charge on any atom is 0.240 e. The van der Waals surface area contributed by atoms with E-state index in [1.54, 1.807) is 0 Å². The zero-order valence-electron chi connectivity index (χ0n) is 12.0. The molecule has 0 aliphatic carbocycles. The topological polar surface area (TPSA) is 49.4 Å². The number of hydrogen-bond acceptors (Lipinski definition) is 3. The molecule has 0 unspecified atom stereocenters. The van der Waals surface area contributed by atoms with Gasteiger partial charge in [0.2, 0.25) is 10.0 Å². The van der Waals surface area contributed by atoms with E-state index in [-0.39, 0.29) is 16.0 Å². The molecule has 0 saturated carbocycles. The van der Waals surface area contributed by atoms with Gasteiger partial charge in [-0.3, -0.25) is 0 Å². The molecule has 1 aromatic rings. The Bertz CT molecular complexity index is 585. The minimum absolute atomic E-state index is 0.0161. The van der Waals surface area contributed by atoms with E-state index in [0.717, 1.165) is 38.9 Å². The van der Waals surface area contributed by atoms with Gasteiger partial charge in [0.1, 0.15) is 0 Å². The summed E-state index contributed by atoms with van der Waals surface area (Å²) in [6.07, 6.45) is 2.79. The Kier molecular flexibility index (Phi) is 5.91. The zero-order valence-corrected chi connectivity index (χ0v) is 14.3. The van der Waals surface area contributed by atoms with E-state index >= 15 is 0 Å². The Labute approximate surface area is 136 Å². The molecule has 0 atom stereocenters. The van der Waals surface area contributed by atoms with Crippen LogP contribution in [0, 0.1) is 0 Å². The van der Waals surface area contributed by atoms with Crippen LogP contribution in [0.5, 0.6) is 0 Å². The fraction of sp³-hybridized carbons (Fsp3) is 0.571. The summed E-state index contributed by atoms with van der Waals surface area (Å²) in [6.45, 7) is 5.09. The van der Waals surface area contributed by atoms with Crippen LogP contribution in [0.4, 0.5) is 0 Å². The van der Waals surface area contributed by atoms with E-state index in [0.29, 0.717) is 5.02 Å².